The van der Waals surface area contributed by atoms with Crippen LogP contribution in [0, 0.1) is 17.2 Å². The number of ether oxygens (including phenoxy) is 1. The van der Waals surface area contributed by atoms with Gasteiger partial charge in [0, 0.05) is 0 Å². The Bertz CT molecular complexity index is 489. The van der Waals surface area contributed by atoms with Crippen LogP contribution < -0.4 is 0 Å². The van der Waals surface area contributed by atoms with Crippen molar-refractivity contribution in [2.24, 2.45) is 5.92 Å². The maximum atomic E-state index is 8.85. The van der Waals surface area contributed by atoms with E-state index in [1.165, 1.54) is 31.2 Å². The van der Waals surface area contributed by atoms with Crippen molar-refractivity contribution in [1.29, 1.82) is 5.26 Å². The summed E-state index contributed by atoms with van der Waals surface area (Å²) in [5, 5.41) is 8.85. The number of hydrogen-bond donors (Lipinski definition) is 0. The molecule has 112 valence electrons. The van der Waals surface area contributed by atoms with Crippen LogP contribution in [0.2, 0.25) is 0 Å². The zero-order valence-corrected chi connectivity index (χ0v) is 13.1. The molecule has 1 aliphatic rings. The van der Waals surface area contributed by atoms with Gasteiger partial charge in [0.05, 0.1) is 24.3 Å². The van der Waals surface area contributed by atoms with E-state index in [2.05, 4.69) is 31.2 Å². The van der Waals surface area contributed by atoms with Crippen LogP contribution in [0.15, 0.2) is 36.4 Å². The third-order valence-electron chi connectivity index (χ3n) is 4.64. The summed E-state index contributed by atoms with van der Waals surface area (Å²) < 4.78 is 5.87. The number of rotatable bonds is 5. The summed E-state index contributed by atoms with van der Waals surface area (Å²) in [6.07, 6.45) is 9.39. The largest absolute Gasteiger partial charge is 0.374 e. The van der Waals surface area contributed by atoms with E-state index in [0.29, 0.717) is 17.9 Å². The molecule has 0 aliphatic heterocycles. The summed E-state index contributed by atoms with van der Waals surface area (Å²) >= 11 is 0. The number of hydrogen-bond acceptors (Lipinski definition) is 2. The smallest absolute Gasteiger partial charge is 0.0991 e. The number of allylic oxidation sites excluding steroid dienone is 1. The number of benzene rings is 1. The lowest BCUT2D eigenvalue weighted by molar-refractivity contribution is 0.0268. The molecule has 0 radical (unpaired) electrons. The highest BCUT2D eigenvalue weighted by molar-refractivity contribution is 5.33. The van der Waals surface area contributed by atoms with Gasteiger partial charge in [-0.15, -0.1) is 0 Å². The number of nitrogens with zero attached hydrogens (tertiary/aromatic N) is 1. The van der Waals surface area contributed by atoms with Gasteiger partial charge in [-0.1, -0.05) is 24.3 Å². The molecule has 0 saturated heterocycles. The molecule has 1 aromatic rings. The molecular formula is C19H25NO. The van der Waals surface area contributed by atoms with E-state index >= 15 is 0 Å². The minimum Gasteiger partial charge on any atom is -0.374 e. The Morgan fingerprint density at radius 2 is 1.90 bits per heavy atom. The molecule has 1 aliphatic carbocycles. The first-order valence-electron chi connectivity index (χ1n) is 7.97. The monoisotopic (exact) mass is 283 g/mol. The van der Waals surface area contributed by atoms with Gasteiger partial charge in [-0.2, -0.15) is 5.26 Å². The van der Waals surface area contributed by atoms with Crippen molar-refractivity contribution < 1.29 is 4.74 Å². The lowest BCUT2D eigenvalue weighted by atomic mass is 9.77. The van der Waals surface area contributed by atoms with Crippen molar-refractivity contribution in [3.8, 4) is 6.07 Å². The van der Waals surface area contributed by atoms with Gasteiger partial charge in [0.25, 0.3) is 0 Å². The van der Waals surface area contributed by atoms with Gasteiger partial charge >= 0.3 is 0 Å². The summed E-state index contributed by atoms with van der Waals surface area (Å²) in [5.41, 5.74) is 2.13. The van der Waals surface area contributed by atoms with E-state index in [9.17, 15) is 0 Å². The zero-order chi connectivity index (χ0) is 15.1. The lowest BCUT2D eigenvalue weighted by Crippen LogP contribution is -2.25. The van der Waals surface area contributed by atoms with E-state index < -0.39 is 0 Å². The van der Waals surface area contributed by atoms with Gasteiger partial charge in [-0.25, -0.2) is 0 Å². The second-order valence-electron chi connectivity index (χ2n) is 5.95. The molecular weight excluding hydrogens is 258 g/mol. The second-order valence-corrected chi connectivity index (χ2v) is 5.95. The van der Waals surface area contributed by atoms with Crippen LogP contribution in [0.4, 0.5) is 0 Å². The van der Waals surface area contributed by atoms with Gasteiger partial charge in [0.15, 0.2) is 0 Å². The van der Waals surface area contributed by atoms with Crippen molar-refractivity contribution in [1.82, 2.24) is 0 Å². The molecule has 0 aromatic heterocycles. The van der Waals surface area contributed by atoms with Crippen LogP contribution in [0.3, 0.4) is 0 Å². The van der Waals surface area contributed by atoms with Gasteiger partial charge in [-0.3, -0.25) is 0 Å². The fourth-order valence-electron chi connectivity index (χ4n) is 3.19. The van der Waals surface area contributed by atoms with Gasteiger partial charge in [-0.05, 0) is 69.1 Å². The highest BCUT2D eigenvalue weighted by Gasteiger charge is 2.26. The first-order chi connectivity index (χ1) is 10.2. The van der Waals surface area contributed by atoms with Gasteiger partial charge < -0.3 is 4.74 Å². The predicted octanol–water partition coefficient (Wildman–Crippen LogP) is 4.81. The van der Waals surface area contributed by atoms with Crippen LogP contribution in [0.25, 0.3) is 0 Å². The maximum Gasteiger partial charge on any atom is 0.0991 e. The summed E-state index contributed by atoms with van der Waals surface area (Å²) in [5.74, 6) is 1.33. The molecule has 21 heavy (non-hydrogen) atoms. The number of nitriles is 1. The average molecular weight is 283 g/mol. The Morgan fingerprint density at radius 1 is 1.24 bits per heavy atom. The topological polar surface area (TPSA) is 33.0 Å². The molecule has 2 rings (SSSR count). The van der Waals surface area contributed by atoms with Gasteiger partial charge in [0.2, 0.25) is 0 Å². The van der Waals surface area contributed by atoms with Crippen LogP contribution in [0.5, 0.6) is 0 Å². The molecule has 1 aromatic carbocycles. The zero-order valence-electron chi connectivity index (χ0n) is 13.1. The van der Waals surface area contributed by atoms with Crippen LogP contribution >= 0.6 is 0 Å². The van der Waals surface area contributed by atoms with Crippen LogP contribution in [-0.4, -0.2) is 12.7 Å². The minimum atomic E-state index is 0.350. The molecule has 1 atom stereocenters. The summed E-state index contributed by atoms with van der Waals surface area (Å²) in [6, 6.07) is 10.3. The summed E-state index contributed by atoms with van der Waals surface area (Å²) in [7, 11) is 0. The molecule has 0 N–H and O–H groups in total. The molecule has 2 heteroatoms. The van der Waals surface area contributed by atoms with E-state index in [1.807, 2.05) is 25.1 Å². The summed E-state index contributed by atoms with van der Waals surface area (Å²) in [4.78, 5) is 0. The molecule has 0 spiro atoms. The molecule has 1 unspecified atom stereocenters. The predicted molar refractivity (Wildman–Crippen MR) is 86.1 cm³/mol. The van der Waals surface area contributed by atoms with Crippen molar-refractivity contribution in [3.63, 3.8) is 0 Å². The lowest BCUT2D eigenvalue weighted by Gasteiger charge is -2.32. The highest BCUT2D eigenvalue weighted by Crippen LogP contribution is 2.37. The Labute approximate surface area is 128 Å². The standard InChI is InChI=1S/C19H25NO/c1-3-4-13-21-15(2)17-9-11-19(12-10-17)18-7-5-16(14-20)6-8-18/h3-8,15,17,19H,9-13H2,1-2H3. The SMILES string of the molecule is CC=CCOC(C)C1CCC(c2ccc(C#N)cc2)CC1. The molecule has 0 amide bonds. The van der Waals surface area contributed by atoms with Crippen molar-refractivity contribution >= 4 is 0 Å². The molecule has 0 heterocycles. The summed E-state index contributed by atoms with van der Waals surface area (Å²) in [6.45, 7) is 4.96. The average Bonchev–Trinajstić information content (AvgIpc) is 2.55. The minimum absolute atomic E-state index is 0.350. The first kappa shape index (κ1) is 15.8. The van der Waals surface area contributed by atoms with Gasteiger partial charge in [0.1, 0.15) is 0 Å². The third kappa shape index (κ3) is 4.44. The maximum absolute atomic E-state index is 8.85. The Balaban J connectivity index is 1.83. The van der Waals surface area contributed by atoms with Crippen molar-refractivity contribution in [2.45, 2.75) is 51.6 Å². The van der Waals surface area contributed by atoms with Crippen molar-refractivity contribution in [3.05, 3.63) is 47.5 Å². The molecule has 2 nitrogen and oxygen atoms in total. The first-order valence-corrected chi connectivity index (χ1v) is 7.97. The quantitative estimate of drug-likeness (QED) is 0.726. The van der Waals surface area contributed by atoms with Crippen LogP contribution in [0.1, 0.15) is 56.6 Å². The third-order valence-corrected chi connectivity index (χ3v) is 4.64. The van der Waals surface area contributed by atoms with E-state index in [4.69, 9.17) is 10.00 Å². The van der Waals surface area contributed by atoms with E-state index in [1.54, 1.807) is 0 Å². The Morgan fingerprint density at radius 3 is 2.48 bits per heavy atom. The second kappa shape index (κ2) is 8.00. The fraction of sp³-hybridized carbons (Fsp3) is 0.526. The highest BCUT2D eigenvalue weighted by atomic mass is 16.5. The van der Waals surface area contributed by atoms with E-state index in [-0.39, 0.29) is 0 Å². The van der Waals surface area contributed by atoms with E-state index in [0.717, 1.165) is 12.2 Å². The Hall–Kier alpha value is -1.59. The van der Waals surface area contributed by atoms with Crippen molar-refractivity contribution in [2.75, 3.05) is 6.61 Å². The van der Waals surface area contributed by atoms with Crippen LogP contribution in [-0.2, 0) is 4.74 Å². The Kier molecular flexibility index (Phi) is 6.02. The molecule has 1 fully saturated rings. The molecule has 1 saturated carbocycles. The fourth-order valence-corrected chi connectivity index (χ4v) is 3.19. The normalized spacial score (nSPS) is 23.9. The molecule has 0 bridgehead atoms.